The molecule has 0 saturated carbocycles. The quantitative estimate of drug-likeness (QED) is 0.761. The second kappa shape index (κ2) is 3.41. The highest BCUT2D eigenvalue weighted by Gasteiger charge is 2.12. The first kappa shape index (κ1) is 9.48. The van der Waals surface area contributed by atoms with Gasteiger partial charge >= 0.3 is 0 Å². The van der Waals surface area contributed by atoms with E-state index in [0.29, 0.717) is 0 Å². The van der Waals surface area contributed by atoms with E-state index in [0.717, 1.165) is 15.7 Å². The Balaban J connectivity index is 3.00. The highest BCUT2D eigenvalue weighted by molar-refractivity contribution is 7.15. The lowest BCUT2D eigenvalue weighted by molar-refractivity contribution is 0.202. The number of rotatable bonds is 2. The molecule has 1 aromatic rings. The second-order valence-corrected chi connectivity index (χ2v) is 4.03. The standard InChI is InChI=1S/C8H14N2OS/c1-5-7(6(2)11)12-8(9-5)10(3)4/h6,11H,1-4H3/t6-/m1/s1. The van der Waals surface area contributed by atoms with Gasteiger partial charge in [0, 0.05) is 14.1 Å². The van der Waals surface area contributed by atoms with Gasteiger partial charge in [-0.2, -0.15) is 0 Å². The van der Waals surface area contributed by atoms with Crippen molar-refractivity contribution in [2.75, 3.05) is 19.0 Å². The van der Waals surface area contributed by atoms with Gasteiger partial charge in [-0.15, -0.1) is 0 Å². The number of thiazole rings is 1. The van der Waals surface area contributed by atoms with E-state index >= 15 is 0 Å². The maximum atomic E-state index is 9.35. The molecule has 0 bridgehead atoms. The van der Waals surface area contributed by atoms with Crippen molar-refractivity contribution in [3.63, 3.8) is 0 Å². The fraction of sp³-hybridized carbons (Fsp3) is 0.625. The molecule has 1 rings (SSSR count). The fourth-order valence-electron chi connectivity index (χ4n) is 0.972. The molecule has 0 unspecified atom stereocenters. The third-order valence-corrected chi connectivity index (χ3v) is 3.08. The Morgan fingerprint density at radius 3 is 2.33 bits per heavy atom. The molecular formula is C8H14N2OS. The largest absolute Gasteiger partial charge is 0.388 e. The molecule has 4 heteroatoms. The van der Waals surface area contributed by atoms with Gasteiger partial charge in [-0.05, 0) is 13.8 Å². The number of aromatic nitrogens is 1. The van der Waals surface area contributed by atoms with Crippen LogP contribution >= 0.6 is 11.3 Å². The molecule has 0 fully saturated rings. The SMILES string of the molecule is Cc1nc(N(C)C)sc1[C@@H](C)O. The Hall–Kier alpha value is -0.610. The van der Waals surface area contributed by atoms with Gasteiger partial charge in [-0.3, -0.25) is 0 Å². The van der Waals surface area contributed by atoms with Crippen LogP contribution < -0.4 is 4.90 Å². The van der Waals surface area contributed by atoms with Crippen molar-refractivity contribution in [2.45, 2.75) is 20.0 Å². The van der Waals surface area contributed by atoms with Gasteiger partial charge < -0.3 is 10.0 Å². The highest BCUT2D eigenvalue weighted by Crippen LogP contribution is 2.29. The fourth-order valence-corrected chi connectivity index (χ4v) is 1.90. The van der Waals surface area contributed by atoms with Gasteiger partial charge in [0.1, 0.15) is 0 Å². The number of aliphatic hydroxyl groups is 1. The summed E-state index contributed by atoms with van der Waals surface area (Å²) in [6, 6.07) is 0. The topological polar surface area (TPSA) is 36.4 Å². The lowest BCUT2D eigenvalue weighted by atomic mass is 10.3. The third-order valence-electron chi connectivity index (χ3n) is 1.58. The summed E-state index contributed by atoms with van der Waals surface area (Å²) in [6.07, 6.45) is -0.406. The van der Waals surface area contributed by atoms with Crippen LogP contribution in [0.2, 0.25) is 0 Å². The summed E-state index contributed by atoms with van der Waals surface area (Å²) in [6.45, 7) is 3.69. The summed E-state index contributed by atoms with van der Waals surface area (Å²) >= 11 is 1.54. The van der Waals surface area contributed by atoms with Crippen molar-refractivity contribution in [2.24, 2.45) is 0 Å². The first-order valence-corrected chi connectivity index (χ1v) is 4.66. The van der Waals surface area contributed by atoms with Crippen molar-refractivity contribution in [3.8, 4) is 0 Å². The molecule has 3 nitrogen and oxygen atoms in total. The molecule has 1 aromatic heterocycles. The number of nitrogens with zero attached hydrogens (tertiary/aromatic N) is 2. The Kier molecular flexibility index (Phi) is 2.69. The first-order valence-electron chi connectivity index (χ1n) is 3.85. The zero-order chi connectivity index (χ0) is 9.30. The minimum atomic E-state index is -0.406. The average molecular weight is 186 g/mol. The van der Waals surface area contributed by atoms with Crippen molar-refractivity contribution < 1.29 is 5.11 Å². The van der Waals surface area contributed by atoms with E-state index in [-0.39, 0.29) is 0 Å². The zero-order valence-corrected chi connectivity index (χ0v) is 8.64. The molecule has 0 aliphatic rings. The maximum absolute atomic E-state index is 9.35. The van der Waals surface area contributed by atoms with Crippen LogP contribution in [0.15, 0.2) is 0 Å². The summed E-state index contributed by atoms with van der Waals surface area (Å²) in [7, 11) is 3.90. The molecule has 0 aliphatic heterocycles. The van der Waals surface area contributed by atoms with Gasteiger partial charge in [0.15, 0.2) is 5.13 Å². The molecule has 0 radical (unpaired) electrons. The van der Waals surface area contributed by atoms with E-state index in [1.165, 1.54) is 0 Å². The third kappa shape index (κ3) is 1.76. The molecule has 0 aliphatic carbocycles. The Labute approximate surface area is 76.7 Å². The van der Waals surface area contributed by atoms with E-state index in [1.54, 1.807) is 18.3 Å². The predicted octanol–water partition coefficient (Wildman–Crippen LogP) is 1.57. The minimum Gasteiger partial charge on any atom is -0.388 e. The van der Waals surface area contributed by atoms with Crippen LogP contribution in [-0.4, -0.2) is 24.2 Å². The van der Waals surface area contributed by atoms with E-state index < -0.39 is 6.10 Å². The van der Waals surface area contributed by atoms with Crippen LogP contribution in [0.1, 0.15) is 23.6 Å². The second-order valence-electron chi connectivity index (χ2n) is 3.02. The van der Waals surface area contributed by atoms with E-state index in [2.05, 4.69) is 4.98 Å². The minimum absolute atomic E-state index is 0.406. The molecule has 1 atom stereocenters. The van der Waals surface area contributed by atoms with Crippen LogP contribution in [0.4, 0.5) is 5.13 Å². The Bertz CT molecular complexity index is 268. The Morgan fingerprint density at radius 2 is 2.08 bits per heavy atom. The first-order chi connectivity index (χ1) is 5.52. The molecule has 1 N–H and O–H groups in total. The van der Waals surface area contributed by atoms with Crippen LogP contribution in [0, 0.1) is 6.92 Å². The molecular weight excluding hydrogens is 172 g/mol. The maximum Gasteiger partial charge on any atom is 0.185 e. The van der Waals surface area contributed by atoms with Gasteiger partial charge in [0.05, 0.1) is 16.7 Å². The number of aliphatic hydroxyl groups excluding tert-OH is 1. The summed E-state index contributed by atoms with van der Waals surface area (Å²) < 4.78 is 0. The monoisotopic (exact) mass is 186 g/mol. The number of hydrogen-bond donors (Lipinski definition) is 1. The van der Waals surface area contributed by atoms with Gasteiger partial charge in [-0.25, -0.2) is 4.98 Å². The summed E-state index contributed by atoms with van der Waals surface area (Å²) in [5, 5.41) is 10.3. The van der Waals surface area contributed by atoms with Gasteiger partial charge in [0.2, 0.25) is 0 Å². The lowest BCUT2D eigenvalue weighted by Crippen LogP contribution is -2.07. The number of anilines is 1. The van der Waals surface area contributed by atoms with Crippen LogP contribution in [0.3, 0.4) is 0 Å². The Morgan fingerprint density at radius 1 is 1.50 bits per heavy atom. The molecule has 0 amide bonds. The van der Waals surface area contributed by atoms with E-state index in [1.807, 2.05) is 25.9 Å². The van der Waals surface area contributed by atoms with Crippen LogP contribution in [0.25, 0.3) is 0 Å². The molecule has 12 heavy (non-hydrogen) atoms. The van der Waals surface area contributed by atoms with Crippen LogP contribution in [-0.2, 0) is 0 Å². The molecule has 1 heterocycles. The van der Waals surface area contributed by atoms with Crippen molar-refractivity contribution >= 4 is 16.5 Å². The molecule has 0 spiro atoms. The summed E-state index contributed by atoms with van der Waals surface area (Å²) in [5.41, 5.74) is 0.929. The molecule has 0 saturated heterocycles. The van der Waals surface area contributed by atoms with Gasteiger partial charge in [-0.1, -0.05) is 11.3 Å². The van der Waals surface area contributed by atoms with E-state index in [9.17, 15) is 5.11 Å². The predicted molar refractivity (Wildman–Crippen MR) is 51.8 cm³/mol. The van der Waals surface area contributed by atoms with Crippen molar-refractivity contribution in [1.82, 2.24) is 4.98 Å². The highest BCUT2D eigenvalue weighted by atomic mass is 32.1. The number of hydrogen-bond acceptors (Lipinski definition) is 4. The van der Waals surface area contributed by atoms with Crippen molar-refractivity contribution in [3.05, 3.63) is 10.6 Å². The smallest absolute Gasteiger partial charge is 0.185 e. The summed E-state index contributed by atoms with van der Waals surface area (Å²) in [5.74, 6) is 0. The normalized spacial score (nSPS) is 13.1. The summed E-state index contributed by atoms with van der Waals surface area (Å²) in [4.78, 5) is 7.22. The van der Waals surface area contributed by atoms with Crippen LogP contribution in [0.5, 0.6) is 0 Å². The average Bonchev–Trinajstić information content (AvgIpc) is 2.30. The van der Waals surface area contributed by atoms with Crippen molar-refractivity contribution in [1.29, 1.82) is 0 Å². The number of aryl methyl sites for hydroxylation is 1. The lowest BCUT2D eigenvalue weighted by Gasteiger charge is -2.05. The zero-order valence-electron chi connectivity index (χ0n) is 7.83. The molecule has 68 valence electrons. The van der Waals surface area contributed by atoms with Gasteiger partial charge in [0.25, 0.3) is 0 Å². The molecule has 0 aromatic carbocycles. The van der Waals surface area contributed by atoms with E-state index in [4.69, 9.17) is 0 Å².